The highest BCUT2D eigenvalue weighted by atomic mass is 19.3. The minimum Gasteiger partial charge on any atom is -0.435 e. The van der Waals surface area contributed by atoms with Gasteiger partial charge in [-0.1, -0.05) is 42.5 Å². The standard InChI is InChI=1S/C22H25F2NO3/c23-21(24)28-19-8-4-5-16(15-19)9-10-20(26)25-18-11-13-22(27,14-12-18)17-6-2-1-3-7-17/h1-8,15,18,21,27H,9-14H2,(H,25,26). The highest BCUT2D eigenvalue weighted by Crippen LogP contribution is 2.36. The number of halogens is 2. The van der Waals surface area contributed by atoms with Crippen LogP contribution in [0, 0.1) is 0 Å². The summed E-state index contributed by atoms with van der Waals surface area (Å²) in [6.07, 6.45) is 3.37. The maximum Gasteiger partial charge on any atom is 0.387 e. The van der Waals surface area contributed by atoms with Crippen molar-refractivity contribution in [3.05, 3.63) is 65.7 Å². The van der Waals surface area contributed by atoms with Crippen LogP contribution in [0.2, 0.25) is 0 Å². The van der Waals surface area contributed by atoms with Crippen LogP contribution in [0.1, 0.15) is 43.2 Å². The van der Waals surface area contributed by atoms with Crippen molar-refractivity contribution in [1.82, 2.24) is 5.32 Å². The van der Waals surface area contributed by atoms with Crippen molar-refractivity contribution >= 4 is 5.91 Å². The molecule has 1 amide bonds. The van der Waals surface area contributed by atoms with E-state index in [1.807, 2.05) is 30.3 Å². The van der Waals surface area contributed by atoms with Gasteiger partial charge >= 0.3 is 6.61 Å². The van der Waals surface area contributed by atoms with Gasteiger partial charge in [-0.25, -0.2) is 0 Å². The van der Waals surface area contributed by atoms with E-state index in [1.54, 1.807) is 12.1 Å². The molecule has 0 aromatic heterocycles. The molecule has 2 aromatic carbocycles. The molecule has 1 aliphatic rings. The van der Waals surface area contributed by atoms with E-state index < -0.39 is 12.2 Å². The summed E-state index contributed by atoms with van der Waals surface area (Å²) in [6, 6.07) is 16.1. The quantitative estimate of drug-likeness (QED) is 0.747. The molecule has 0 saturated heterocycles. The Kier molecular flexibility index (Phi) is 6.62. The van der Waals surface area contributed by atoms with E-state index >= 15 is 0 Å². The molecule has 28 heavy (non-hydrogen) atoms. The second-order valence-electron chi connectivity index (χ2n) is 7.27. The third-order valence-electron chi connectivity index (χ3n) is 5.25. The number of carbonyl (C=O) groups is 1. The van der Waals surface area contributed by atoms with Crippen molar-refractivity contribution in [2.24, 2.45) is 0 Å². The monoisotopic (exact) mass is 389 g/mol. The van der Waals surface area contributed by atoms with Gasteiger partial charge in [0.15, 0.2) is 0 Å². The number of benzene rings is 2. The zero-order valence-electron chi connectivity index (χ0n) is 15.6. The topological polar surface area (TPSA) is 58.6 Å². The Labute approximate surface area is 163 Å². The molecular formula is C22H25F2NO3. The van der Waals surface area contributed by atoms with E-state index in [-0.39, 0.29) is 24.1 Å². The summed E-state index contributed by atoms with van der Waals surface area (Å²) in [5, 5.41) is 13.9. The molecule has 0 atom stereocenters. The zero-order chi connectivity index (χ0) is 20.0. The van der Waals surface area contributed by atoms with Crippen LogP contribution in [-0.4, -0.2) is 23.7 Å². The fourth-order valence-corrected chi connectivity index (χ4v) is 3.71. The van der Waals surface area contributed by atoms with Crippen LogP contribution in [0.3, 0.4) is 0 Å². The predicted molar refractivity (Wildman–Crippen MR) is 102 cm³/mol. The number of carbonyl (C=O) groups excluding carboxylic acids is 1. The maximum atomic E-state index is 12.3. The van der Waals surface area contributed by atoms with Crippen LogP contribution < -0.4 is 10.1 Å². The van der Waals surface area contributed by atoms with Crippen molar-refractivity contribution in [3.63, 3.8) is 0 Å². The Bertz CT molecular complexity index is 774. The fourth-order valence-electron chi connectivity index (χ4n) is 3.71. The molecule has 0 radical (unpaired) electrons. The largest absolute Gasteiger partial charge is 0.435 e. The van der Waals surface area contributed by atoms with Gasteiger partial charge in [0.25, 0.3) is 0 Å². The number of nitrogens with one attached hydrogen (secondary N) is 1. The van der Waals surface area contributed by atoms with E-state index in [4.69, 9.17) is 0 Å². The third kappa shape index (κ3) is 5.52. The summed E-state index contributed by atoms with van der Waals surface area (Å²) in [6.45, 7) is -2.86. The van der Waals surface area contributed by atoms with Crippen LogP contribution in [0.5, 0.6) is 5.75 Å². The van der Waals surface area contributed by atoms with Crippen molar-refractivity contribution in [2.45, 2.75) is 56.8 Å². The third-order valence-corrected chi connectivity index (χ3v) is 5.25. The second kappa shape index (κ2) is 9.15. The first-order chi connectivity index (χ1) is 13.4. The number of hydrogen-bond donors (Lipinski definition) is 2. The van der Waals surface area contributed by atoms with E-state index in [9.17, 15) is 18.7 Å². The lowest BCUT2D eigenvalue weighted by molar-refractivity contribution is -0.122. The van der Waals surface area contributed by atoms with Crippen LogP contribution in [0.4, 0.5) is 8.78 Å². The number of aliphatic hydroxyl groups is 1. The number of rotatable bonds is 7. The molecule has 0 spiro atoms. The predicted octanol–water partition coefficient (Wildman–Crippen LogP) is 4.17. The first-order valence-corrected chi connectivity index (χ1v) is 9.56. The summed E-state index contributed by atoms with van der Waals surface area (Å²) in [4.78, 5) is 12.3. The van der Waals surface area contributed by atoms with Gasteiger partial charge in [-0.3, -0.25) is 4.79 Å². The lowest BCUT2D eigenvalue weighted by Crippen LogP contribution is -2.42. The molecule has 2 aromatic rings. The van der Waals surface area contributed by atoms with Crippen LogP contribution in [0.25, 0.3) is 0 Å². The first-order valence-electron chi connectivity index (χ1n) is 9.56. The van der Waals surface area contributed by atoms with Gasteiger partial charge in [-0.05, 0) is 55.4 Å². The van der Waals surface area contributed by atoms with E-state index in [0.29, 0.717) is 19.3 Å². The van der Waals surface area contributed by atoms with E-state index in [2.05, 4.69) is 10.1 Å². The smallest absolute Gasteiger partial charge is 0.387 e. The summed E-state index contributed by atoms with van der Waals surface area (Å²) in [5.41, 5.74) is 0.870. The Hall–Kier alpha value is -2.47. The van der Waals surface area contributed by atoms with Gasteiger partial charge in [0.05, 0.1) is 5.60 Å². The van der Waals surface area contributed by atoms with E-state index in [0.717, 1.165) is 24.0 Å². The van der Waals surface area contributed by atoms with Gasteiger partial charge < -0.3 is 15.2 Å². The van der Waals surface area contributed by atoms with E-state index in [1.165, 1.54) is 12.1 Å². The lowest BCUT2D eigenvalue weighted by Gasteiger charge is -2.36. The van der Waals surface area contributed by atoms with Crippen molar-refractivity contribution in [1.29, 1.82) is 0 Å². The molecule has 0 heterocycles. The molecule has 0 unspecified atom stereocenters. The Balaban J connectivity index is 1.45. The lowest BCUT2D eigenvalue weighted by atomic mass is 9.78. The minimum atomic E-state index is -2.86. The average Bonchev–Trinajstić information content (AvgIpc) is 2.69. The molecular weight excluding hydrogens is 364 g/mol. The van der Waals surface area contributed by atoms with Gasteiger partial charge in [-0.2, -0.15) is 8.78 Å². The second-order valence-corrected chi connectivity index (χ2v) is 7.27. The molecule has 2 N–H and O–H groups in total. The molecule has 3 rings (SSSR count). The molecule has 0 aliphatic heterocycles. The Morgan fingerprint density at radius 3 is 2.54 bits per heavy atom. The Morgan fingerprint density at radius 2 is 1.86 bits per heavy atom. The van der Waals surface area contributed by atoms with Crippen LogP contribution >= 0.6 is 0 Å². The molecule has 4 nitrogen and oxygen atoms in total. The summed E-state index contributed by atoms with van der Waals surface area (Å²) in [5.74, 6) is 0.0238. The normalized spacial score (nSPS) is 22.1. The van der Waals surface area contributed by atoms with Gasteiger partial charge in [0.2, 0.25) is 5.91 Å². The number of amides is 1. The maximum absolute atomic E-state index is 12.3. The van der Waals surface area contributed by atoms with Crippen molar-refractivity contribution < 1.29 is 23.4 Å². The molecule has 150 valence electrons. The van der Waals surface area contributed by atoms with Crippen LogP contribution in [-0.2, 0) is 16.8 Å². The highest BCUT2D eigenvalue weighted by molar-refractivity contribution is 5.76. The molecule has 1 aliphatic carbocycles. The first kappa shape index (κ1) is 20.3. The van der Waals surface area contributed by atoms with Gasteiger partial charge in [0, 0.05) is 12.5 Å². The fraction of sp³-hybridized carbons (Fsp3) is 0.409. The van der Waals surface area contributed by atoms with Crippen molar-refractivity contribution in [3.8, 4) is 5.75 Å². The molecule has 6 heteroatoms. The highest BCUT2D eigenvalue weighted by Gasteiger charge is 2.34. The van der Waals surface area contributed by atoms with Crippen LogP contribution in [0.15, 0.2) is 54.6 Å². The SMILES string of the molecule is O=C(CCc1cccc(OC(F)F)c1)NC1CCC(O)(c2ccccc2)CC1. The molecule has 1 fully saturated rings. The van der Waals surface area contributed by atoms with Crippen molar-refractivity contribution in [2.75, 3.05) is 0 Å². The molecule has 1 saturated carbocycles. The number of ether oxygens (including phenoxy) is 1. The summed E-state index contributed by atoms with van der Waals surface area (Å²) in [7, 11) is 0. The number of hydrogen-bond acceptors (Lipinski definition) is 3. The minimum absolute atomic E-state index is 0.0463. The average molecular weight is 389 g/mol. The number of alkyl halides is 2. The number of aryl methyl sites for hydroxylation is 1. The summed E-state index contributed by atoms with van der Waals surface area (Å²) >= 11 is 0. The van der Waals surface area contributed by atoms with Gasteiger partial charge in [-0.15, -0.1) is 0 Å². The van der Waals surface area contributed by atoms with Gasteiger partial charge in [0.1, 0.15) is 5.75 Å². The molecule has 0 bridgehead atoms. The Morgan fingerprint density at radius 1 is 1.14 bits per heavy atom. The zero-order valence-corrected chi connectivity index (χ0v) is 15.6. The summed E-state index contributed by atoms with van der Waals surface area (Å²) < 4.78 is 29.0.